The Labute approximate surface area is 82.0 Å². The van der Waals surface area contributed by atoms with E-state index in [4.69, 9.17) is 11.0 Å². The zero-order chi connectivity index (χ0) is 9.31. The van der Waals surface area contributed by atoms with Gasteiger partial charge in [-0.15, -0.1) is 11.3 Å². The van der Waals surface area contributed by atoms with Crippen LogP contribution in [0.1, 0.15) is 35.4 Å². The van der Waals surface area contributed by atoms with E-state index < -0.39 is 0 Å². The largest absolute Gasteiger partial charge is 0.321 e. The zero-order valence-electron chi connectivity index (χ0n) is 7.42. The average molecular weight is 192 g/mol. The fourth-order valence-electron chi connectivity index (χ4n) is 1.92. The molecule has 1 heterocycles. The molecule has 68 valence electrons. The minimum absolute atomic E-state index is 0.125. The summed E-state index contributed by atoms with van der Waals surface area (Å²) in [6.45, 7) is 0. The van der Waals surface area contributed by atoms with Gasteiger partial charge in [0.25, 0.3) is 0 Å². The van der Waals surface area contributed by atoms with Crippen LogP contribution in [-0.4, -0.2) is 0 Å². The van der Waals surface area contributed by atoms with Gasteiger partial charge >= 0.3 is 0 Å². The lowest BCUT2D eigenvalue weighted by molar-refractivity contribution is 0.472. The molecule has 0 aliphatic heterocycles. The summed E-state index contributed by atoms with van der Waals surface area (Å²) in [6.07, 6.45) is 4.57. The normalized spacial score (nSPS) is 20.0. The van der Waals surface area contributed by atoms with Crippen molar-refractivity contribution >= 4 is 11.3 Å². The van der Waals surface area contributed by atoms with Gasteiger partial charge in [-0.1, -0.05) is 12.8 Å². The summed E-state index contributed by atoms with van der Waals surface area (Å²) < 4.78 is 0. The van der Waals surface area contributed by atoms with Crippen molar-refractivity contribution in [3.05, 3.63) is 21.9 Å². The monoisotopic (exact) mass is 192 g/mol. The van der Waals surface area contributed by atoms with Crippen molar-refractivity contribution in [3.63, 3.8) is 0 Å². The van der Waals surface area contributed by atoms with E-state index in [1.807, 2.05) is 12.1 Å². The number of thiophene rings is 1. The van der Waals surface area contributed by atoms with Gasteiger partial charge in [0, 0.05) is 4.88 Å². The highest BCUT2D eigenvalue weighted by Gasteiger charge is 2.32. The molecule has 0 amide bonds. The quantitative estimate of drug-likeness (QED) is 0.742. The first-order valence-electron chi connectivity index (χ1n) is 4.54. The number of nitrogens with zero attached hydrogens (tertiary/aromatic N) is 1. The molecule has 1 aliphatic rings. The van der Waals surface area contributed by atoms with Gasteiger partial charge in [0.05, 0.1) is 5.54 Å². The summed E-state index contributed by atoms with van der Waals surface area (Å²) >= 11 is 1.54. The van der Waals surface area contributed by atoms with Gasteiger partial charge in [-0.3, -0.25) is 0 Å². The number of nitrogens with two attached hydrogens (primary N) is 1. The van der Waals surface area contributed by atoms with Crippen LogP contribution >= 0.6 is 11.3 Å². The van der Waals surface area contributed by atoms with Gasteiger partial charge in [0.15, 0.2) is 0 Å². The first-order valence-corrected chi connectivity index (χ1v) is 5.35. The van der Waals surface area contributed by atoms with Crippen molar-refractivity contribution in [1.82, 2.24) is 0 Å². The molecule has 13 heavy (non-hydrogen) atoms. The number of hydrogen-bond acceptors (Lipinski definition) is 3. The Morgan fingerprint density at radius 3 is 2.62 bits per heavy atom. The third-order valence-corrected chi connectivity index (χ3v) is 3.91. The number of nitriles is 1. The molecule has 2 N–H and O–H groups in total. The van der Waals surface area contributed by atoms with Crippen molar-refractivity contribution in [2.24, 2.45) is 5.73 Å². The Morgan fingerprint density at radius 1 is 1.38 bits per heavy atom. The second-order valence-electron chi connectivity index (χ2n) is 3.64. The molecule has 0 bridgehead atoms. The van der Waals surface area contributed by atoms with Gasteiger partial charge < -0.3 is 5.73 Å². The molecule has 0 aromatic carbocycles. The molecule has 1 saturated carbocycles. The third-order valence-electron chi connectivity index (χ3n) is 2.70. The fraction of sp³-hybridized carbons (Fsp3) is 0.500. The molecular formula is C10H12N2S. The maximum absolute atomic E-state index is 8.70. The van der Waals surface area contributed by atoms with E-state index in [-0.39, 0.29) is 5.54 Å². The van der Waals surface area contributed by atoms with Gasteiger partial charge in [0.1, 0.15) is 10.9 Å². The third kappa shape index (κ3) is 1.48. The van der Waals surface area contributed by atoms with E-state index in [9.17, 15) is 0 Å². The lowest BCUT2D eigenvalue weighted by Gasteiger charge is -2.21. The fourth-order valence-corrected chi connectivity index (χ4v) is 2.88. The van der Waals surface area contributed by atoms with Crippen molar-refractivity contribution in [2.45, 2.75) is 31.2 Å². The molecule has 1 aromatic rings. The lowest BCUT2D eigenvalue weighted by Crippen LogP contribution is -2.31. The zero-order valence-corrected chi connectivity index (χ0v) is 8.23. The Bertz CT molecular complexity index is 342. The maximum atomic E-state index is 8.70. The Balaban J connectivity index is 2.30. The Morgan fingerprint density at radius 2 is 2.08 bits per heavy atom. The van der Waals surface area contributed by atoms with Crippen LogP contribution in [0.4, 0.5) is 0 Å². The molecule has 0 saturated heterocycles. The molecule has 0 unspecified atom stereocenters. The molecule has 2 nitrogen and oxygen atoms in total. The van der Waals surface area contributed by atoms with Crippen LogP contribution in [0.5, 0.6) is 0 Å². The molecule has 0 radical (unpaired) electrons. The number of hydrogen-bond donors (Lipinski definition) is 1. The SMILES string of the molecule is N#Cc1ccc(C2(N)CCCC2)s1. The van der Waals surface area contributed by atoms with E-state index in [0.29, 0.717) is 0 Å². The van der Waals surface area contributed by atoms with Gasteiger partial charge in [-0.25, -0.2) is 0 Å². The van der Waals surface area contributed by atoms with Gasteiger partial charge in [0.2, 0.25) is 0 Å². The minimum Gasteiger partial charge on any atom is -0.321 e. The van der Waals surface area contributed by atoms with E-state index in [1.54, 1.807) is 11.3 Å². The summed E-state index contributed by atoms with van der Waals surface area (Å²) in [6, 6.07) is 6.03. The molecular weight excluding hydrogens is 180 g/mol. The van der Waals surface area contributed by atoms with Crippen LogP contribution in [0.3, 0.4) is 0 Å². The minimum atomic E-state index is -0.125. The first kappa shape index (κ1) is 8.74. The highest BCUT2D eigenvalue weighted by Crippen LogP contribution is 2.39. The van der Waals surface area contributed by atoms with Crippen LogP contribution in [0, 0.1) is 11.3 Å². The highest BCUT2D eigenvalue weighted by molar-refractivity contribution is 7.12. The molecule has 2 rings (SSSR count). The van der Waals surface area contributed by atoms with Crippen molar-refractivity contribution in [1.29, 1.82) is 5.26 Å². The summed E-state index contributed by atoms with van der Waals surface area (Å²) in [7, 11) is 0. The van der Waals surface area contributed by atoms with E-state index in [0.717, 1.165) is 17.7 Å². The Hall–Kier alpha value is -0.850. The molecule has 1 aromatic heterocycles. The van der Waals surface area contributed by atoms with Crippen LogP contribution in [-0.2, 0) is 5.54 Å². The van der Waals surface area contributed by atoms with Crippen LogP contribution < -0.4 is 5.73 Å². The van der Waals surface area contributed by atoms with E-state index in [2.05, 4.69) is 6.07 Å². The van der Waals surface area contributed by atoms with Crippen molar-refractivity contribution in [2.75, 3.05) is 0 Å². The van der Waals surface area contributed by atoms with Crippen LogP contribution in [0.2, 0.25) is 0 Å². The van der Waals surface area contributed by atoms with Crippen molar-refractivity contribution in [3.8, 4) is 6.07 Å². The second-order valence-corrected chi connectivity index (χ2v) is 4.72. The summed E-state index contributed by atoms with van der Waals surface area (Å²) in [5.74, 6) is 0. The van der Waals surface area contributed by atoms with E-state index in [1.165, 1.54) is 17.7 Å². The lowest BCUT2D eigenvalue weighted by atomic mass is 9.97. The highest BCUT2D eigenvalue weighted by atomic mass is 32.1. The topological polar surface area (TPSA) is 49.8 Å². The molecule has 0 spiro atoms. The smallest absolute Gasteiger partial charge is 0.110 e. The predicted molar refractivity (Wildman–Crippen MR) is 53.4 cm³/mol. The predicted octanol–water partition coefficient (Wildman–Crippen LogP) is 2.35. The summed E-state index contributed by atoms with van der Waals surface area (Å²) in [5, 5.41) is 8.70. The van der Waals surface area contributed by atoms with Crippen LogP contribution in [0.25, 0.3) is 0 Å². The Kier molecular flexibility index (Phi) is 2.10. The van der Waals surface area contributed by atoms with E-state index >= 15 is 0 Å². The summed E-state index contributed by atoms with van der Waals surface area (Å²) in [5.41, 5.74) is 6.12. The summed E-state index contributed by atoms with van der Waals surface area (Å²) in [4.78, 5) is 1.95. The van der Waals surface area contributed by atoms with Crippen LogP contribution in [0.15, 0.2) is 12.1 Å². The maximum Gasteiger partial charge on any atom is 0.110 e. The molecule has 1 aliphatic carbocycles. The molecule has 3 heteroatoms. The standard InChI is InChI=1S/C10H12N2S/c11-7-8-3-4-9(13-8)10(12)5-1-2-6-10/h3-4H,1-2,5-6,12H2. The van der Waals surface area contributed by atoms with Gasteiger partial charge in [-0.05, 0) is 25.0 Å². The van der Waals surface area contributed by atoms with Crippen molar-refractivity contribution < 1.29 is 0 Å². The molecule has 0 atom stereocenters. The second kappa shape index (κ2) is 3.13. The van der Waals surface area contributed by atoms with Gasteiger partial charge in [-0.2, -0.15) is 5.26 Å². The first-order chi connectivity index (χ1) is 6.24. The average Bonchev–Trinajstić information content (AvgIpc) is 2.72. The molecule has 1 fully saturated rings. The number of rotatable bonds is 1.